The van der Waals surface area contributed by atoms with Gasteiger partial charge in [0.2, 0.25) is 5.78 Å². The van der Waals surface area contributed by atoms with Gasteiger partial charge in [0.15, 0.2) is 19.7 Å². The molecule has 0 atom stereocenters. The number of carbonyl (C=O) groups is 1. The average Bonchev–Trinajstić information content (AvgIpc) is 3.21. The Morgan fingerprint density at radius 3 is 2.00 bits per heavy atom. The molecule has 0 amide bonds. The number of hydrogen-bond acceptors (Lipinski definition) is 6. The second-order valence-electron chi connectivity index (χ2n) is 8.25. The third kappa shape index (κ3) is 4.66. The maximum Gasteiger partial charge on any atom is 0.211 e. The molecule has 3 aromatic heterocycles. The fraction of sp³-hybridized carbons (Fsp3) is 0.231. The van der Waals surface area contributed by atoms with Crippen LogP contribution in [0.3, 0.4) is 0 Å². The number of sulfone groups is 2. The first-order valence-electron chi connectivity index (χ1n) is 11.3. The van der Waals surface area contributed by atoms with Gasteiger partial charge in [0, 0.05) is 24.2 Å². The van der Waals surface area contributed by atoms with E-state index in [2.05, 4.69) is 4.98 Å². The average molecular weight is 511 g/mol. The molecule has 0 saturated heterocycles. The normalized spacial score (nSPS) is 12.2. The Bertz CT molecular complexity index is 1590. The van der Waals surface area contributed by atoms with Gasteiger partial charge in [0.1, 0.15) is 15.5 Å². The monoisotopic (exact) mass is 510 g/mol. The van der Waals surface area contributed by atoms with Gasteiger partial charge in [0.05, 0.1) is 17.0 Å². The van der Waals surface area contributed by atoms with Gasteiger partial charge in [-0.15, -0.1) is 0 Å². The minimum Gasteiger partial charge on any atom is -0.311 e. The summed E-state index contributed by atoms with van der Waals surface area (Å²) in [5.74, 6) is -1.06. The number of fused-ring (bicyclic) bond motifs is 1. The molecule has 0 radical (unpaired) electrons. The first-order valence-corrected chi connectivity index (χ1v) is 14.7. The van der Waals surface area contributed by atoms with Crippen molar-refractivity contribution in [2.45, 2.75) is 36.5 Å². The number of benzene rings is 1. The van der Waals surface area contributed by atoms with E-state index in [1.807, 2.05) is 0 Å². The maximum absolute atomic E-state index is 13.7. The minimum atomic E-state index is -4.10. The van der Waals surface area contributed by atoms with E-state index < -0.39 is 30.4 Å². The summed E-state index contributed by atoms with van der Waals surface area (Å²) in [5, 5.41) is 0. The van der Waals surface area contributed by atoms with Gasteiger partial charge < -0.3 is 4.40 Å². The molecule has 9 heteroatoms. The van der Waals surface area contributed by atoms with E-state index in [-0.39, 0.29) is 39.6 Å². The van der Waals surface area contributed by atoms with Crippen LogP contribution in [0.1, 0.15) is 42.7 Å². The third-order valence-corrected chi connectivity index (χ3v) is 9.76. The van der Waals surface area contributed by atoms with Crippen LogP contribution in [-0.2, 0) is 19.7 Å². The Hall–Kier alpha value is -3.30. The van der Waals surface area contributed by atoms with Crippen LogP contribution in [0.15, 0.2) is 83.0 Å². The van der Waals surface area contributed by atoms with Crippen molar-refractivity contribution < 1.29 is 21.6 Å². The molecule has 0 spiro atoms. The third-order valence-electron chi connectivity index (χ3n) is 5.68. The summed E-state index contributed by atoms with van der Waals surface area (Å²) >= 11 is 0. The number of pyridine rings is 2. The van der Waals surface area contributed by atoms with Crippen molar-refractivity contribution in [1.29, 1.82) is 0 Å². The largest absolute Gasteiger partial charge is 0.311 e. The Morgan fingerprint density at radius 2 is 1.40 bits per heavy atom. The second kappa shape index (κ2) is 9.75. The lowest BCUT2D eigenvalue weighted by Gasteiger charge is -2.09. The summed E-state index contributed by atoms with van der Waals surface area (Å²) < 4.78 is 55.6. The molecule has 7 nitrogen and oxygen atoms in total. The van der Waals surface area contributed by atoms with Crippen molar-refractivity contribution in [2.24, 2.45) is 0 Å². The molecule has 3 heterocycles. The van der Waals surface area contributed by atoms with Crippen molar-refractivity contribution in [1.82, 2.24) is 9.38 Å². The van der Waals surface area contributed by atoms with Crippen molar-refractivity contribution in [3.63, 3.8) is 0 Å². The smallest absolute Gasteiger partial charge is 0.211 e. The van der Waals surface area contributed by atoms with E-state index in [0.29, 0.717) is 12.0 Å². The van der Waals surface area contributed by atoms with Crippen LogP contribution in [0, 0.1) is 0 Å². The highest BCUT2D eigenvalue weighted by Gasteiger charge is 2.37. The SMILES string of the molecule is CCCS(=O)(=O)c1c(S(=O)(=O)CCC)c2cc(-c3ccncc3)ccn2c1C(=O)c1ccccc1. The molecule has 0 aliphatic heterocycles. The summed E-state index contributed by atoms with van der Waals surface area (Å²) in [7, 11) is -8.12. The summed E-state index contributed by atoms with van der Waals surface area (Å²) in [6, 6.07) is 15.2. The maximum atomic E-state index is 13.7. The Labute approximate surface area is 205 Å². The van der Waals surface area contributed by atoms with E-state index in [1.165, 1.54) is 4.40 Å². The van der Waals surface area contributed by atoms with Crippen LogP contribution in [0.25, 0.3) is 16.6 Å². The van der Waals surface area contributed by atoms with Crippen LogP contribution >= 0.6 is 0 Å². The predicted octanol–water partition coefficient (Wildman–Crippen LogP) is 4.60. The lowest BCUT2D eigenvalue weighted by Crippen LogP contribution is -2.17. The zero-order chi connectivity index (χ0) is 25.2. The molecule has 0 fully saturated rings. The second-order valence-corrected chi connectivity index (χ2v) is 12.3. The minimum absolute atomic E-state index is 0.157. The molecule has 35 heavy (non-hydrogen) atoms. The first-order chi connectivity index (χ1) is 16.7. The number of nitrogens with zero attached hydrogens (tertiary/aromatic N) is 2. The molecule has 0 unspecified atom stereocenters. The van der Waals surface area contributed by atoms with Crippen molar-refractivity contribution in [2.75, 3.05) is 11.5 Å². The zero-order valence-electron chi connectivity index (χ0n) is 19.5. The van der Waals surface area contributed by atoms with Crippen LogP contribution in [0.5, 0.6) is 0 Å². The van der Waals surface area contributed by atoms with Crippen molar-refractivity contribution >= 4 is 31.0 Å². The van der Waals surface area contributed by atoms with Crippen LogP contribution in [-0.4, -0.2) is 43.5 Å². The van der Waals surface area contributed by atoms with E-state index in [1.54, 1.807) is 87.0 Å². The highest BCUT2D eigenvalue weighted by molar-refractivity contribution is 7.94. The lowest BCUT2D eigenvalue weighted by atomic mass is 10.1. The number of ketones is 1. The summed E-state index contributed by atoms with van der Waals surface area (Å²) in [6.07, 6.45) is 5.39. The van der Waals surface area contributed by atoms with Crippen LogP contribution < -0.4 is 0 Å². The number of rotatable bonds is 9. The Balaban J connectivity index is 2.17. The Morgan fingerprint density at radius 1 is 0.800 bits per heavy atom. The molecule has 4 rings (SSSR count). The predicted molar refractivity (Wildman–Crippen MR) is 135 cm³/mol. The van der Waals surface area contributed by atoms with Gasteiger partial charge in [-0.1, -0.05) is 44.2 Å². The zero-order valence-corrected chi connectivity index (χ0v) is 21.1. The fourth-order valence-electron chi connectivity index (χ4n) is 4.20. The highest BCUT2D eigenvalue weighted by Crippen LogP contribution is 2.37. The summed E-state index contributed by atoms with van der Waals surface area (Å²) in [6.45, 7) is 3.42. The molecule has 0 bridgehead atoms. The molecule has 0 N–H and O–H groups in total. The molecular weight excluding hydrogens is 484 g/mol. The van der Waals surface area contributed by atoms with E-state index in [4.69, 9.17) is 0 Å². The Kier molecular flexibility index (Phi) is 6.91. The fourth-order valence-corrected chi connectivity index (χ4v) is 8.17. The molecular formula is C26H26N2O5S2. The number of carbonyl (C=O) groups excluding carboxylic acids is 1. The topological polar surface area (TPSA) is 103 Å². The summed E-state index contributed by atoms with van der Waals surface area (Å²) in [5.41, 5.74) is 1.76. The van der Waals surface area contributed by atoms with Gasteiger partial charge in [0.25, 0.3) is 0 Å². The van der Waals surface area contributed by atoms with E-state index in [0.717, 1.165) is 5.56 Å². The van der Waals surface area contributed by atoms with Crippen LogP contribution in [0.4, 0.5) is 0 Å². The number of aromatic nitrogens is 2. The lowest BCUT2D eigenvalue weighted by molar-refractivity contribution is 0.103. The van der Waals surface area contributed by atoms with Crippen molar-refractivity contribution in [3.05, 3.63) is 84.4 Å². The molecule has 0 saturated carbocycles. The first kappa shape index (κ1) is 24.8. The van der Waals surface area contributed by atoms with Gasteiger partial charge >= 0.3 is 0 Å². The molecule has 0 aliphatic carbocycles. The van der Waals surface area contributed by atoms with E-state index in [9.17, 15) is 21.6 Å². The van der Waals surface area contributed by atoms with Gasteiger partial charge in [-0.05, 0) is 48.2 Å². The van der Waals surface area contributed by atoms with Gasteiger partial charge in [-0.3, -0.25) is 9.78 Å². The summed E-state index contributed by atoms with van der Waals surface area (Å²) in [4.78, 5) is 17.0. The molecule has 1 aromatic carbocycles. The molecule has 0 aliphatic rings. The van der Waals surface area contributed by atoms with Gasteiger partial charge in [-0.25, -0.2) is 16.8 Å². The van der Waals surface area contributed by atoms with E-state index >= 15 is 0 Å². The van der Waals surface area contributed by atoms with Crippen molar-refractivity contribution in [3.8, 4) is 11.1 Å². The van der Waals surface area contributed by atoms with Gasteiger partial charge in [-0.2, -0.15) is 0 Å². The van der Waals surface area contributed by atoms with Crippen LogP contribution in [0.2, 0.25) is 0 Å². The standard InChI is InChI=1S/C26H26N2O5S2/c1-3-16-34(30,31)25-22-18-21(19-10-13-27-14-11-19)12-15-28(22)23(26(25)35(32,33)17-4-2)24(29)20-8-6-5-7-9-20/h5-15,18H,3-4,16-17H2,1-2H3. The number of hydrogen-bond donors (Lipinski definition) is 0. The quantitative estimate of drug-likeness (QED) is 0.305. The molecule has 4 aromatic rings. The molecule has 182 valence electrons. The highest BCUT2D eigenvalue weighted by atomic mass is 32.2.